The van der Waals surface area contributed by atoms with E-state index in [1.54, 1.807) is 54.6 Å². The molecule has 0 aliphatic rings. The van der Waals surface area contributed by atoms with Crippen molar-refractivity contribution in [3.05, 3.63) is 95.4 Å². The average Bonchev–Trinajstić information content (AvgIpc) is 3.16. The first kappa shape index (κ1) is 21.6. The highest BCUT2D eigenvalue weighted by atomic mass is 32.2. The maximum absolute atomic E-state index is 13.5. The van der Waals surface area contributed by atoms with Crippen molar-refractivity contribution in [1.29, 1.82) is 0 Å². The number of benzene rings is 3. The molecule has 0 unspecified atom stereocenters. The number of methoxy groups -OCH3 is 1. The average molecular weight is 465 g/mol. The number of para-hydroxylation sites is 1. The molecule has 3 aromatic carbocycles. The molecule has 0 atom stereocenters. The van der Waals surface area contributed by atoms with Crippen LogP contribution in [0.2, 0.25) is 0 Å². The molecule has 0 saturated heterocycles. The van der Waals surface area contributed by atoms with E-state index in [1.807, 2.05) is 18.2 Å². The lowest BCUT2D eigenvalue weighted by Crippen LogP contribution is -2.08. The molecule has 3 N–H and O–H groups in total. The molecular formula is C24H20N2O4S2. The first-order chi connectivity index (χ1) is 15.4. The highest BCUT2D eigenvalue weighted by molar-refractivity contribution is 7.92. The Hall–Kier alpha value is -3.62. The quantitative estimate of drug-likeness (QED) is 0.367. The van der Waals surface area contributed by atoms with Crippen LogP contribution < -0.4 is 15.8 Å². The standard InChI is InChI=1S/C24H20N2O4S2/c1-30-18-12-8-9-16(15-18)21(27)22-20(25)23(32(28,29)19-13-6-3-7-14-19)24(31-22)26-17-10-4-2-5-11-17/h2-15,26H,25H2,1H3. The van der Waals surface area contributed by atoms with Crippen molar-refractivity contribution in [1.82, 2.24) is 0 Å². The largest absolute Gasteiger partial charge is 0.497 e. The van der Waals surface area contributed by atoms with Crippen LogP contribution in [-0.2, 0) is 9.84 Å². The molecule has 0 aliphatic carbocycles. The molecule has 0 spiro atoms. The lowest BCUT2D eigenvalue weighted by molar-refractivity contribution is 0.104. The summed E-state index contributed by atoms with van der Waals surface area (Å²) in [6.45, 7) is 0. The van der Waals surface area contributed by atoms with Gasteiger partial charge in [0.1, 0.15) is 20.5 Å². The molecule has 0 fully saturated rings. The smallest absolute Gasteiger partial charge is 0.211 e. The van der Waals surface area contributed by atoms with Gasteiger partial charge < -0.3 is 15.8 Å². The van der Waals surface area contributed by atoms with Gasteiger partial charge in [-0.1, -0.05) is 48.5 Å². The van der Waals surface area contributed by atoms with Gasteiger partial charge in [0.25, 0.3) is 0 Å². The highest BCUT2D eigenvalue weighted by Crippen LogP contribution is 2.44. The minimum absolute atomic E-state index is 0.0786. The Bertz CT molecular complexity index is 1370. The molecule has 8 heteroatoms. The fourth-order valence-electron chi connectivity index (χ4n) is 3.21. The van der Waals surface area contributed by atoms with Crippen LogP contribution in [0.3, 0.4) is 0 Å². The number of rotatable bonds is 7. The van der Waals surface area contributed by atoms with E-state index in [2.05, 4.69) is 5.32 Å². The van der Waals surface area contributed by atoms with E-state index in [4.69, 9.17) is 10.5 Å². The topological polar surface area (TPSA) is 98.5 Å². The lowest BCUT2D eigenvalue weighted by atomic mass is 10.1. The van der Waals surface area contributed by atoms with E-state index in [0.29, 0.717) is 17.0 Å². The van der Waals surface area contributed by atoms with Gasteiger partial charge in [-0.2, -0.15) is 0 Å². The van der Waals surface area contributed by atoms with Crippen molar-refractivity contribution in [2.75, 3.05) is 18.2 Å². The molecule has 32 heavy (non-hydrogen) atoms. The zero-order chi connectivity index (χ0) is 22.7. The van der Waals surface area contributed by atoms with Crippen LogP contribution in [-0.4, -0.2) is 21.3 Å². The molecule has 4 aromatic rings. The number of carbonyl (C=O) groups excluding carboxylic acids is 1. The number of nitrogens with two attached hydrogens (primary N) is 1. The van der Waals surface area contributed by atoms with Crippen LogP contribution in [0.15, 0.2) is 94.7 Å². The SMILES string of the molecule is COc1cccc(C(=O)c2sc(Nc3ccccc3)c(S(=O)(=O)c3ccccc3)c2N)c1. The van der Waals surface area contributed by atoms with Gasteiger partial charge in [0, 0.05) is 11.3 Å². The fraction of sp³-hybridized carbons (Fsp3) is 0.0417. The lowest BCUT2D eigenvalue weighted by Gasteiger charge is -2.09. The number of carbonyl (C=O) groups is 1. The molecular weight excluding hydrogens is 444 g/mol. The Morgan fingerprint density at radius 3 is 2.25 bits per heavy atom. The Morgan fingerprint density at radius 1 is 0.938 bits per heavy atom. The Kier molecular flexibility index (Phi) is 5.98. The molecule has 0 bridgehead atoms. The zero-order valence-electron chi connectivity index (χ0n) is 17.1. The predicted molar refractivity (Wildman–Crippen MR) is 127 cm³/mol. The van der Waals surface area contributed by atoms with Crippen molar-refractivity contribution in [2.24, 2.45) is 0 Å². The number of anilines is 3. The minimum atomic E-state index is -3.98. The second-order valence-corrected chi connectivity index (χ2v) is 9.78. The minimum Gasteiger partial charge on any atom is -0.497 e. The van der Waals surface area contributed by atoms with Gasteiger partial charge in [0.2, 0.25) is 15.6 Å². The Balaban J connectivity index is 1.88. The number of sulfone groups is 1. The van der Waals surface area contributed by atoms with Gasteiger partial charge in [-0.25, -0.2) is 8.42 Å². The Morgan fingerprint density at radius 2 is 1.59 bits per heavy atom. The number of ether oxygens (including phenoxy) is 1. The van der Waals surface area contributed by atoms with Crippen molar-refractivity contribution in [3.8, 4) is 5.75 Å². The molecule has 0 amide bonds. The number of hydrogen-bond acceptors (Lipinski definition) is 7. The monoisotopic (exact) mass is 464 g/mol. The summed E-state index contributed by atoms with van der Waals surface area (Å²) in [4.78, 5) is 13.4. The van der Waals surface area contributed by atoms with Crippen LogP contribution in [0.5, 0.6) is 5.75 Å². The van der Waals surface area contributed by atoms with Crippen LogP contribution in [0.25, 0.3) is 0 Å². The number of nitrogen functional groups attached to an aromatic ring is 1. The molecule has 0 radical (unpaired) electrons. The summed E-state index contributed by atoms with van der Waals surface area (Å²) in [7, 11) is -2.47. The summed E-state index contributed by atoms with van der Waals surface area (Å²) in [5.74, 6) is 0.141. The van der Waals surface area contributed by atoms with Crippen molar-refractivity contribution < 1.29 is 17.9 Å². The summed E-state index contributed by atoms with van der Waals surface area (Å²) >= 11 is 1.01. The summed E-state index contributed by atoms with van der Waals surface area (Å²) in [6, 6.07) is 23.8. The molecule has 0 aliphatic heterocycles. The van der Waals surface area contributed by atoms with Crippen LogP contribution in [0.1, 0.15) is 15.2 Å². The van der Waals surface area contributed by atoms with Crippen molar-refractivity contribution >= 4 is 43.3 Å². The first-order valence-electron chi connectivity index (χ1n) is 9.65. The summed E-state index contributed by atoms with van der Waals surface area (Å²) in [5, 5.41) is 3.40. The van der Waals surface area contributed by atoms with Gasteiger partial charge in [0.05, 0.1) is 17.7 Å². The molecule has 4 rings (SSSR count). The molecule has 1 aromatic heterocycles. The van der Waals surface area contributed by atoms with Crippen LogP contribution >= 0.6 is 11.3 Å². The van der Waals surface area contributed by atoms with Gasteiger partial charge in [-0.3, -0.25) is 4.79 Å². The second-order valence-electron chi connectivity index (χ2n) is 6.87. The van der Waals surface area contributed by atoms with E-state index in [1.165, 1.54) is 19.2 Å². The third-order valence-electron chi connectivity index (χ3n) is 4.79. The second kappa shape index (κ2) is 8.86. The Labute approximate surface area is 190 Å². The van der Waals surface area contributed by atoms with E-state index < -0.39 is 9.84 Å². The maximum atomic E-state index is 13.5. The molecule has 6 nitrogen and oxygen atoms in total. The van der Waals surface area contributed by atoms with Gasteiger partial charge in [0.15, 0.2) is 0 Å². The molecule has 1 heterocycles. The van der Waals surface area contributed by atoms with Crippen molar-refractivity contribution in [3.63, 3.8) is 0 Å². The van der Waals surface area contributed by atoms with Gasteiger partial charge >= 0.3 is 0 Å². The predicted octanol–water partition coefficient (Wildman–Crippen LogP) is 5.15. The normalized spacial score (nSPS) is 11.2. The van der Waals surface area contributed by atoms with E-state index in [-0.39, 0.29) is 31.1 Å². The number of thiophene rings is 1. The summed E-state index contributed by atoms with van der Waals surface area (Å²) < 4.78 is 32.2. The van der Waals surface area contributed by atoms with Crippen LogP contribution in [0.4, 0.5) is 16.4 Å². The highest BCUT2D eigenvalue weighted by Gasteiger charge is 2.31. The third-order valence-corrected chi connectivity index (χ3v) is 7.89. The summed E-state index contributed by atoms with van der Waals surface area (Å²) in [5.41, 5.74) is 7.28. The van der Waals surface area contributed by atoms with Crippen LogP contribution in [0, 0.1) is 0 Å². The number of hydrogen-bond donors (Lipinski definition) is 2. The molecule has 162 valence electrons. The van der Waals surface area contributed by atoms with E-state index >= 15 is 0 Å². The molecule has 0 saturated carbocycles. The number of ketones is 1. The fourth-order valence-corrected chi connectivity index (χ4v) is 6.17. The third kappa shape index (κ3) is 4.10. The maximum Gasteiger partial charge on any atom is 0.211 e. The summed E-state index contributed by atoms with van der Waals surface area (Å²) in [6.07, 6.45) is 0. The van der Waals surface area contributed by atoms with E-state index in [9.17, 15) is 13.2 Å². The van der Waals surface area contributed by atoms with Gasteiger partial charge in [-0.05, 0) is 36.4 Å². The van der Waals surface area contributed by atoms with E-state index in [0.717, 1.165) is 11.3 Å². The first-order valence-corrected chi connectivity index (χ1v) is 11.9. The number of nitrogens with one attached hydrogen (secondary N) is 1. The van der Waals surface area contributed by atoms with Crippen molar-refractivity contribution in [2.45, 2.75) is 9.79 Å². The van der Waals surface area contributed by atoms with Gasteiger partial charge in [-0.15, -0.1) is 11.3 Å². The zero-order valence-corrected chi connectivity index (χ0v) is 18.7.